The molecule has 0 unspecified atom stereocenters. The van der Waals surface area contributed by atoms with Gasteiger partial charge in [-0.3, -0.25) is 10.1 Å². The highest BCUT2D eigenvalue weighted by molar-refractivity contribution is 6.35. The molecule has 0 aliphatic rings. The Labute approximate surface area is 162 Å². The average Bonchev–Trinajstić information content (AvgIpc) is 2.65. The normalized spacial score (nSPS) is 11.5. The molecule has 0 saturated heterocycles. The Morgan fingerprint density at radius 2 is 1.78 bits per heavy atom. The summed E-state index contributed by atoms with van der Waals surface area (Å²) < 4.78 is 10.3. The zero-order valence-electron chi connectivity index (χ0n) is 15.1. The maximum Gasteiger partial charge on any atom is 0.344 e. The van der Waals surface area contributed by atoms with Gasteiger partial charge in [0.05, 0.1) is 0 Å². The number of halogens is 1. The highest BCUT2D eigenvalue weighted by atomic mass is 35.5. The Morgan fingerprint density at radius 3 is 2.48 bits per heavy atom. The number of benzene rings is 2. The van der Waals surface area contributed by atoms with E-state index in [0.29, 0.717) is 10.8 Å². The van der Waals surface area contributed by atoms with Crippen molar-refractivity contribution in [3.05, 3.63) is 41.4 Å². The van der Waals surface area contributed by atoms with Crippen molar-refractivity contribution in [1.29, 1.82) is 0 Å². The highest BCUT2D eigenvalue weighted by Gasteiger charge is 2.13. The van der Waals surface area contributed by atoms with Crippen molar-refractivity contribution in [3.8, 4) is 5.75 Å². The number of rotatable bonds is 7. The second-order valence-electron chi connectivity index (χ2n) is 5.87. The number of hydrogen-bond donors (Lipinski definition) is 2. The van der Waals surface area contributed by atoms with Crippen LogP contribution in [0.1, 0.15) is 20.3 Å². The first kappa shape index (κ1) is 20.5. The molecule has 3 amide bonds. The van der Waals surface area contributed by atoms with E-state index in [-0.39, 0.29) is 12.6 Å². The molecule has 27 heavy (non-hydrogen) atoms. The summed E-state index contributed by atoms with van der Waals surface area (Å²) in [5.41, 5.74) is 0. The van der Waals surface area contributed by atoms with Crippen LogP contribution in [-0.2, 0) is 14.3 Å². The number of esters is 1. The minimum atomic E-state index is -0.730. The Hall–Kier alpha value is -2.80. The van der Waals surface area contributed by atoms with Gasteiger partial charge in [0.25, 0.3) is 5.91 Å². The number of imide groups is 1. The van der Waals surface area contributed by atoms with Crippen LogP contribution in [0.3, 0.4) is 0 Å². The summed E-state index contributed by atoms with van der Waals surface area (Å²) in [6.07, 6.45) is 0.729. The molecule has 0 aliphatic heterocycles. The van der Waals surface area contributed by atoms with E-state index in [4.69, 9.17) is 21.1 Å². The summed E-state index contributed by atoms with van der Waals surface area (Å²) in [6, 6.07) is 9.99. The molecule has 2 rings (SSSR count). The summed E-state index contributed by atoms with van der Waals surface area (Å²) in [6.45, 7) is 2.76. The van der Waals surface area contributed by atoms with E-state index in [2.05, 4.69) is 10.6 Å². The van der Waals surface area contributed by atoms with Crippen molar-refractivity contribution < 1.29 is 23.9 Å². The van der Waals surface area contributed by atoms with Crippen LogP contribution in [0.2, 0.25) is 5.02 Å². The first-order valence-corrected chi connectivity index (χ1v) is 8.84. The van der Waals surface area contributed by atoms with Gasteiger partial charge in [0.1, 0.15) is 5.75 Å². The van der Waals surface area contributed by atoms with E-state index in [9.17, 15) is 14.4 Å². The van der Waals surface area contributed by atoms with Gasteiger partial charge < -0.3 is 14.8 Å². The molecule has 0 saturated carbocycles. The first-order valence-electron chi connectivity index (χ1n) is 8.46. The molecule has 0 fully saturated rings. The molecule has 0 bridgehead atoms. The third kappa shape index (κ3) is 6.14. The predicted molar refractivity (Wildman–Crippen MR) is 102 cm³/mol. The van der Waals surface area contributed by atoms with E-state index in [1.54, 1.807) is 12.1 Å². The molecule has 0 heterocycles. The van der Waals surface area contributed by atoms with Crippen molar-refractivity contribution >= 4 is 40.3 Å². The van der Waals surface area contributed by atoms with E-state index < -0.39 is 24.5 Å². The summed E-state index contributed by atoms with van der Waals surface area (Å²) in [7, 11) is 0. The third-order valence-corrected chi connectivity index (χ3v) is 4.11. The van der Waals surface area contributed by atoms with Crippen molar-refractivity contribution in [2.75, 3.05) is 13.2 Å². The zero-order chi connectivity index (χ0) is 19.8. The van der Waals surface area contributed by atoms with Gasteiger partial charge in [0, 0.05) is 21.8 Å². The number of hydrogen-bond acceptors (Lipinski definition) is 5. The van der Waals surface area contributed by atoms with Gasteiger partial charge in [-0.05, 0) is 25.5 Å². The maximum atomic E-state index is 11.8. The molecule has 2 aromatic carbocycles. The molecule has 0 aliphatic carbocycles. The SMILES string of the molecule is CC[C@@H](C)NC(=O)NC(=O)COC(=O)COc1ccc(Cl)c2ccccc12. The van der Waals surface area contributed by atoms with Crippen LogP contribution in [0.15, 0.2) is 36.4 Å². The fourth-order valence-electron chi connectivity index (χ4n) is 2.21. The Balaban J connectivity index is 1.81. The van der Waals surface area contributed by atoms with Gasteiger partial charge in [-0.25, -0.2) is 9.59 Å². The molecule has 0 spiro atoms. The average molecular weight is 393 g/mol. The lowest BCUT2D eigenvalue weighted by Crippen LogP contribution is -2.44. The number of fused-ring (bicyclic) bond motifs is 1. The molecule has 7 nitrogen and oxygen atoms in total. The van der Waals surface area contributed by atoms with Gasteiger partial charge in [0.15, 0.2) is 13.2 Å². The summed E-state index contributed by atoms with van der Waals surface area (Å²) in [5.74, 6) is -0.975. The predicted octanol–water partition coefficient (Wildman–Crippen LogP) is 3.04. The minimum Gasteiger partial charge on any atom is -0.481 e. The number of urea groups is 1. The number of amides is 3. The fourth-order valence-corrected chi connectivity index (χ4v) is 2.44. The van der Waals surface area contributed by atoms with Gasteiger partial charge in [-0.1, -0.05) is 42.8 Å². The summed E-state index contributed by atoms with van der Waals surface area (Å²) >= 11 is 6.13. The zero-order valence-corrected chi connectivity index (χ0v) is 15.8. The lowest BCUT2D eigenvalue weighted by molar-refractivity contribution is -0.150. The molecule has 144 valence electrons. The summed E-state index contributed by atoms with van der Waals surface area (Å²) in [4.78, 5) is 34.9. The quantitative estimate of drug-likeness (QED) is 0.706. The molecule has 0 aromatic heterocycles. The fraction of sp³-hybridized carbons (Fsp3) is 0.316. The van der Waals surface area contributed by atoms with Crippen molar-refractivity contribution in [1.82, 2.24) is 10.6 Å². The van der Waals surface area contributed by atoms with Crippen LogP contribution in [0.5, 0.6) is 5.75 Å². The van der Waals surface area contributed by atoms with Gasteiger partial charge >= 0.3 is 12.0 Å². The highest BCUT2D eigenvalue weighted by Crippen LogP contribution is 2.31. The van der Waals surface area contributed by atoms with Crippen molar-refractivity contribution in [2.45, 2.75) is 26.3 Å². The number of ether oxygens (including phenoxy) is 2. The van der Waals surface area contributed by atoms with E-state index in [1.807, 2.05) is 38.1 Å². The van der Waals surface area contributed by atoms with Crippen molar-refractivity contribution in [2.24, 2.45) is 0 Å². The lowest BCUT2D eigenvalue weighted by Gasteiger charge is -2.12. The Morgan fingerprint density at radius 1 is 1.07 bits per heavy atom. The van der Waals surface area contributed by atoms with E-state index >= 15 is 0 Å². The smallest absolute Gasteiger partial charge is 0.344 e. The summed E-state index contributed by atoms with van der Waals surface area (Å²) in [5, 5.41) is 6.79. The van der Waals surface area contributed by atoms with E-state index in [0.717, 1.165) is 17.2 Å². The largest absolute Gasteiger partial charge is 0.481 e. The molecule has 0 radical (unpaired) electrons. The van der Waals surface area contributed by atoms with Crippen molar-refractivity contribution in [3.63, 3.8) is 0 Å². The van der Waals surface area contributed by atoms with Crippen LogP contribution in [0.25, 0.3) is 10.8 Å². The minimum absolute atomic E-state index is 0.0667. The van der Waals surface area contributed by atoms with Crippen LogP contribution < -0.4 is 15.4 Å². The third-order valence-electron chi connectivity index (χ3n) is 3.78. The molecule has 2 aromatic rings. The number of nitrogens with one attached hydrogen (secondary N) is 2. The van der Waals surface area contributed by atoms with E-state index in [1.165, 1.54) is 0 Å². The molecule has 8 heteroatoms. The monoisotopic (exact) mass is 392 g/mol. The van der Waals surface area contributed by atoms with Gasteiger partial charge in [0.2, 0.25) is 0 Å². The molecule has 2 N–H and O–H groups in total. The van der Waals surface area contributed by atoms with Crippen LogP contribution in [0, 0.1) is 0 Å². The second kappa shape index (κ2) is 9.78. The molecular weight excluding hydrogens is 372 g/mol. The van der Waals surface area contributed by atoms with Crippen LogP contribution in [-0.4, -0.2) is 37.2 Å². The van der Waals surface area contributed by atoms with Gasteiger partial charge in [-0.15, -0.1) is 0 Å². The number of carbonyl (C=O) groups excluding carboxylic acids is 3. The maximum absolute atomic E-state index is 11.8. The standard InChI is InChI=1S/C19H21ClN2O5/c1-3-12(2)21-19(25)22-17(23)10-27-18(24)11-26-16-9-8-15(20)13-6-4-5-7-14(13)16/h4-9,12H,3,10-11H2,1-2H3,(H2,21,22,23,25)/t12-/m1/s1. The van der Waals surface area contributed by atoms with Crippen LogP contribution in [0.4, 0.5) is 4.79 Å². The molecule has 1 atom stereocenters. The molecular formula is C19H21ClN2O5. The van der Waals surface area contributed by atoms with Gasteiger partial charge in [-0.2, -0.15) is 0 Å². The lowest BCUT2D eigenvalue weighted by atomic mass is 10.1. The Bertz CT molecular complexity index is 840. The topological polar surface area (TPSA) is 93.7 Å². The number of carbonyl (C=O) groups is 3. The van der Waals surface area contributed by atoms with Crippen LogP contribution >= 0.6 is 11.6 Å². The second-order valence-corrected chi connectivity index (χ2v) is 6.28. The Kier molecular flexibility index (Phi) is 7.43. The first-order chi connectivity index (χ1) is 12.9.